The Morgan fingerprint density at radius 1 is 1.29 bits per heavy atom. The number of likely N-dealkylation sites (tertiary alicyclic amines) is 1. The number of aryl methyl sites for hydroxylation is 1. The van der Waals surface area contributed by atoms with Gasteiger partial charge in [0.1, 0.15) is 5.82 Å². The van der Waals surface area contributed by atoms with E-state index in [-0.39, 0.29) is 5.91 Å². The number of piperidine rings is 1. The largest absolute Gasteiger partial charge is 0.339 e. The minimum absolute atomic E-state index is 0.0217. The van der Waals surface area contributed by atoms with Crippen molar-refractivity contribution in [3.8, 4) is 0 Å². The number of carbonyl (C=O) groups excluding carboxylic acids is 1. The number of amides is 1. The van der Waals surface area contributed by atoms with Gasteiger partial charge in [0.15, 0.2) is 5.13 Å². The summed E-state index contributed by atoms with van der Waals surface area (Å²) in [7, 11) is 0. The number of aromatic nitrogens is 2. The minimum atomic E-state index is 0.0217. The molecule has 0 spiro atoms. The molecule has 2 aliphatic heterocycles. The van der Waals surface area contributed by atoms with Crippen molar-refractivity contribution in [2.75, 3.05) is 57.7 Å². The highest BCUT2D eigenvalue weighted by molar-refractivity contribution is 7.15. The quantitative estimate of drug-likeness (QED) is 0.425. The van der Waals surface area contributed by atoms with E-state index in [1.165, 1.54) is 11.6 Å². The Labute approximate surface area is 212 Å². The molecule has 1 atom stereocenters. The van der Waals surface area contributed by atoms with Crippen LogP contribution in [0.25, 0.3) is 4.85 Å². The Hall–Kier alpha value is -2.80. The molecule has 4 heterocycles. The lowest BCUT2D eigenvalue weighted by atomic mass is 9.92. The lowest BCUT2D eigenvalue weighted by molar-refractivity contribution is -0.127. The lowest BCUT2D eigenvalue weighted by Gasteiger charge is -2.34. The summed E-state index contributed by atoms with van der Waals surface area (Å²) in [5.41, 5.74) is 2.31. The van der Waals surface area contributed by atoms with Gasteiger partial charge in [0.05, 0.1) is 6.54 Å². The van der Waals surface area contributed by atoms with Gasteiger partial charge in [-0.05, 0) is 55.9 Å². The summed E-state index contributed by atoms with van der Waals surface area (Å²) in [6.07, 6.45) is 6.27. The Bertz CT molecular complexity index is 1050. The van der Waals surface area contributed by atoms with E-state index in [2.05, 4.69) is 50.6 Å². The first-order valence-electron chi connectivity index (χ1n) is 12.4. The maximum atomic E-state index is 12.1. The topological polar surface area (TPSA) is 69.0 Å². The van der Waals surface area contributed by atoms with Gasteiger partial charge in [0, 0.05) is 62.6 Å². The van der Waals surface area contributed by atoms with Gasteiger partial charge in [-0.25, -0.2) is 16.5 Å². The van der Waals surface area contributed by atoms with Crippen molar-refractivity contribution in [1.29, 1.82) is 0 Å². The lowest BCUT2D eigenvalue weighted by Crippen LogP contribution is -2.46. The third kappa shape index (κ3) is 7.34. The molecule has 4 rings (SSSR count). The first kappa shape index (κ1) is 25.3. The second kappa shape index (κ2) is 12.2. The Balaban J connectivity index is 1.46. The summed E-state index contributed by atoms with van der Waals surface area (Å²) in [6.45, 7) is 20.6. The summed E-state index contributed by atoms with van der Waals surface area (Å²) in [6, 6.07) is 4.37. The predicted molar refractivity (Wildman–Crippen MR) is 141 cm³/mol. The van der Waals surface area contributed by atoms with E-state index in [0.29, 0.717) is 12.5 Å². The average molecular weight is 494 g/mol. The number of rotatable bonds is 9. The fourth-order valence-corrected chi connectivity index (χ4v) is 5.58. The van der Waals surface area contributed by atoms with E-state index in [1.807, 2.05) is 11.1 Å². The highest BCUT2D eigenvalue weighted by Crippen LogP contribution is 2.25. The summed E-state index contributed by atoms with van der Waals surface area (Å²) in [4.78, 5) is 32.9. The van der Waals surface area contributed by atoms with E-state index in [9.17, 15) is 4.79 Å². The van der Waals surface area contributed by atoms with Gasteiger partial charge in [-0.15, -0.1) is 11.3 Å². The number of anilines is 2. The molecule has 1 N–H and O–H groups in total. The summed E-state index contributed by atoms with van der Waals surface area (Å²) in [5.74, 6) is 1.25. The van der Waals surface area contributed by atoms with E-state index in [1.54, 1.807) is 11.3 Å². The monoisotopic (exact) mass is 493 g/mol. The fourth-order valence-electron chi connectivity index (χ4n) is 4.91. The standard InChI is InChI=1S/C26H35N7OS/c1-4-25(34)33-8-5-6-21(19-33)14-23-15-22(16-24(29-23)30-26-28-17-20(2)35-26)18-32-12-10-31(11-13-32)9-7-27-3/h4,15-17,21H,1,5-14,18-19H2,2H3,(H,28,29,30)/t21-/m1/s1. The SMILES string of the molecule is [C-]#[N+]CCN1CCN(Cc2cc(C[C@H]3CCCN(C(=O)C=C)C3)nc(Nc3ncc(C)s3)c2)CC1. The van der Waals surface area contributed by atoms with Crippen LogP contribution in [0, 0.1) is 19.4 Å². The third-order valence-electron chi connectivity index (χ3n) is 6.70. The number of nitrogens with zero attached hydrogens (tertiary/aromatic N) is 6. The summed E-state index contributed by atoms with van der Waals surface area (Å²) in [5, 5.41) is 4.26. The molecule has 0 bridgehead atoms. The average Bonchev–Trinajstić information content (AvgIpc) is 3.27. The number of hydrogen-bond donors (Lipinski definition) is 1. The van der Waals surface area contributed by atoms with Crippen molar-refractivity contribution in [2.45, 2.75) is 32.7 Å². The van der Waals surface area contributed by atoms with Crippen LogP contribution in [0.1, 0.15) is 29.0 Å². The van der Waals surface area contributed by atoms with Crippen LogP contribution in [0.15, 0.2) is 31.0 Å². The molecule has 2 fully saturated rings. The van der Waals surface area contributed by atoms with Crippen LogP contribution in [-0.4, -0.2) is 82.9 Å². The van der Waals surface area contributed by atoms with Crippen LogP contribution in [0.5, 0.6) is 0 Å². The van der Waals surface area contributed by atoms with E-state index in [4.69, 9.17) is 11.6 Å². The third-order valence-corrected chi connectivity index (χ3v) is 7.52. The van der Waals surface area contributed by atoms with Gasteiger partial charge < -0.3 is 15.1 Å². The van der Waals surface area contributed by atoms with Gasteiger partial charge in [-0.1, -0.05) is 6.58 Å². The summed E-state index contributed by atoms with van der Waals surface area (Å²) >= 11 is 1.63. The predicted octanol–water partition coefficient (Wildman–Crippen LogP) is 3.59. The van der Waals surface area contributed by atoms with Gasteiger partial charge in [-0.3, -0.25) is 14.6 Å². The maximum absolute atomic E-state index is 12.1. The smallest absolute Gasteiger partial charge is 0.245 e. The van der Waals surface area contributed by atoms with Crippen LogP contribution in [0.3, 0.4) is 0 Å². The molecule has 2 aromatic heterocycles. The molecule has 35 heavy (non-hydrogen) atoms. The molecular weight excluding hydrogens is 458 g/mol. The van der Waals surface area contributed by atoms with Crippen molar-refractivity contribution in [2.24, 2.45) is 5.92 Å². The molecule has 9 heteroatoms. The molecule has 2 aliphatic rings. The second-order valence-corrected chi connectivity index (χ2v) is 10.7. The molecule has 0 aliphatic carbocycles. The molecule has 0 aromatic carbocycles. The highest BCUT2D eigenvalue weighted by Gasteiger charge is 2.24. The highest BCUT2D eigenvalue weighted by atomic mass is 32.1. The molecule has 2 saturated heterocycles. The van der Waals surface area contributed by atoms with Gasteiger partial charge in [-0.2, -0.15) is 0 Å². The zero-order valence-corrected chi connectivity index (χ0v) is 21.4. The molecule has 186 valence electrons. The van der Waals surface area contributed by atoms with Gasteiger partial charge >= 0.3 is 0 Å². The number of piperazine rings is 1. The second-order valence-electron chi connectivity index (χ2n) is 9.45. The summed E-state index contributed by atoms with van der Waals surface area (Å²) < 4.78 is 0. The molecule has 2 aromatic rings. The van der Waals surface area contributed by atoms with Crippen molar-refractivity contribution in [3.63, 3.8) is 0 Å². The molecule has 0 unspecified atom stereocenters. The van der Waals surface area contributed by atoms with Gasteiger partial charge in [0.2, 0.25) is 12.5 Å². The van der Waals surface area contributed by atoms with Crippen molar-refractivity contribution < 1.29 is 4.79 Å². The molecular formula is C26H35N7OS. The molecule has 8 nitrogen and oxygen atoms in total. The first-order valence-corrected chi connectivity index (χ1v) is 13.2. The zero-order valence-electron chi connectivity index (χ0n) is 20.6. The van der Waals surface area contributed by atoms with Crippen LogP contribution in [-0.2, 0) is 17.8 Å². The first-order chi connectivity index (χ1) is 17.0. The molecule has 1 amide bonds. The molecule has 0 saturated carbocycles. The number of thiazole rings is 1. The van der Waals surface area contributed by atoms with E-state index < -0.39 is 0 Å². The zero-order chi connectivity index (χ0) is 24.6. The molecule has 0 radical (unpaired) electrons. The normalized spacial score (nSPS) is 19.3. The Kier molecular flexibility index (Phi) is 8.85. The Morgan fingerprint density at radius 2 is 2.09 bits per heavy atom. The maximum Gasteiger partial charge on any atom is 0.245 e. The number of hydrogen-bond acceptors (Lipinski definition) is 7. The van der Waals surface area contributed by atoms with Crippen LogP contribution >= 0.6 is 11.3 Å². The number of nitrogens with one attached hydrogen (secondary N) is 1. The van der Waals surface area contributed by atoms with Crippen LogP contribution in [0.2, 0.25) is 0 Å². The fraction of sp³-hybridized carbons (Fsp3) is 0.538. The van der Waals surface area contributed by atoms with E-state index in [0.717, 1.165) is 93.1 Å². The van der Waals surface area contributed by atoms with Crippen molar-refractivity contribution in [3.05, 3.63) is 58.5 Å². The van der Waals surface area contributed by atoms with Crippen LogP contribution in [0.4, 0.5) is 10.9 Å². The Morgan fingerprint density at radius 3 is 2.80 bits per heavy atom. The minimum Gasteiger partial charge on any atom is -0.339 e. The van der Waals surface area contributed by atoms with Crippen molar-refractivity contribution >= 4 is 28.2 Å². The van der Waals surface area contributed by atoms with Gasteiger partial charge in [0.25, 0.3) is 0 Å². The van der Waals surface area contributed by atoms with E-state index >= 15 is 0 Å². The van der Waals surface area contributed by atoms with Crippen LogP contribution < -0.4 is 5.32 Å². The van der Waals surface area contributed by atoms with Crippen molar-refractivity contribution in [1.82, 2.24) is 24.7 Å². The number of pyridine rings is 1. The number of carbonyl (C=O) groups is 1.